The minimum absolute atomic E-state index is 0. The average molecular weight is 419 g/mol. The van der Waals surface area contributed by atoms with E-state index in [0.717, 1.165) is 43.9 Å². The highest BCUT2D eigenvalue weighted by Gasteiger charge is 2.45. The van der Waals surface area contributed by atoms with Gasteiger partial charge in [0.1, 0.15) is 5.82 Å². The van der Waals surface area contributed by atoms with Gasteiger partial charge >= 0.3 is 0 Å². The predicted octanol–water partition coefficient (Wildman–Crippen LogP) is 3.69. The summed E-state index contributed by atoms with van der Waals surface area (Å²) in [6.07, 6.45) is 3.17. The molecule has 0 heterocycles. The summed E-state index contributed by atoms with van der Waals surface area (Å²) in [5, 5.41) is 6.66. The fraction of sp³-hybridized carbons (Fsp3) is 0.588. The molecule has 22 heavy (non-hydrogen) atoms. The fourth-order valence-electron chi connectivity index (χ4n) is 2.54. The Balaban J connectivity index is 0.00000242. The average Bonchev–Trinajstić information content (AvgIpc) is 3.23. The van der Waals surface area contributed by atoms with Gasteiger partial charge in [-0.1, -0.05) is 32.0 Å². The molecule has 0 bridgehead atoms. The van der Waals surface area contributed by atoms with E-state index in [9.17, 15) is 4.39 Å². The fourth-order valence-corrected chi connectivity index (χ4v) is 2.54. The van der Waals surface area contributed by atoms with Crippen molar-refractivity contribution in [2.24, 2.45) is 10.9 Å². The second-order valence-corrected chi connectivity index (χ2v) is 6.30. The lowest BCUT2D eigenvalue weighted by Gasteiger charge is -2.19. The number of nitrogens with one attached hydrogen (secondary N) is 2. The molecule has 0 unspecified atom stereocenters. The first-order valence-corrected chi connectivity index (χ1v) is 7.77. The van der Waals surface area contributed by atoms with Crippen LogP contribution in [0.15, 0.2) is 29.3 Å². The molecule has 0 saturated heterocycles. The van der Waals surface area contributed by atoms with Crippen LogP contribution in [-0.4, -0.2) is 26.1 Å². The number of benzene rings is 1. The Bertz CT molecular complexity index is 498. The van der Waals surface area contributed by atoms with Crippen LogP contribution in [0.1, 0.15) is 38.7 Å². The molecule has 5 heteroatoms. The van der Waals surface area contributed by atoms with Crippen molar-refractivity contribution >= 4 is 29.9 Å². The van der Waals surface area contributed by atoms with Crippen molar-refractivity contribution in [2.75, 3.05) is 20.1 Å². The molecule has 1 fully saturated rings. The summed E-state index contributed by atoms with van der Waals surface area (Å²) in [5.74, 6) is 1.38. The molecule has 1 aliphatic rings. The van der Waals surface area contributed by atoms with Crippen molar-refractivity contribution in [2.45, 2.75) is 38.5 Å². The van der Waals surface area contributed by atoms with Gasteiger partial charge in [-0.05, 0) is 36.8 Å². The number of nitrogens with zero attached hydrogens (tertiary/aromatic N) is 1. The van der Waals surface area contributed by atoms with Crippen LogP contribution >= 0.6 is 24.0 Å². The molecule has 2 N–H and O–H groups in total. The smallest absolute Gasteiger partial charge is 0.191 e. The predicted molar refractivity (Wildman–Crippen MR) is 102 cm³/mol. The first kappa shape index (κ1) is 19.2. The maximum absolute atomic E-state index is 13.9. The van der Waals surface area contributed by atoms with Gasteiger partial charge in [0.15, 0.2) is 5.96 Å². The number of halogens is 2. The molecule has 0 aromatic heterocycles. The molecule has 1 aromatic rings. The molecule has 1 aromatic carbocycles. The summed E-state index contributed by atoms with van der Waals surface area (Å²) in [7, 11) is 1.77. The van der Waals surface area contributed by atoms with Crippen molar-refractivity contribution in [3.63, 3.8) is 0 Å². The van der Waals surface area contributed by atoms with Crippen LogP contribution in [0.5, 0.6) is 0 Å². The van der Waals surface area contributed by atoms with Crippen LogP contribution in [0, 0.1) is 11.7 Å². The summed E-state index contributed by atoms with van der Waals surface area (Å²) >= 11 is 0. The molecule has 1 aliphatic carbocycles. The van der Waals surface area contributed by atoms with Crippen LogP contribution in [0.4, 0.5) is 4.39 Å². The van der Waals surface area contributed by atoms with Gasteiger partial charge in [0, 0.05) is 25.6 Å². The van der Waals surface area contributed by atoms with E-state index < -0.39 is 0 Å². The molecule has 0 spiro atoms. The highest BCUT2D eigenvalue weighted by Crippen LogP contribution is 2.48. The van der Waals surface area contributed by atoms with Crippen molar-refractivity contribution < 1.29 is 4.39 Å². The maximum Gasteiger partial charge on any atom is 0.191 e. The van der Waals surface area contributed by atoms with E-state index in [2.05, 4.69) is 29.5 Å². The second kappa shape index (κ2) is 8.70. The molecule has 1 saturated carbocycles. The third-order valence-electron chi connectivity index (χ3n) is 4.13. The van der Waals surface area contributed by atoms with Crippen LogP contribution in [0.2, 0.25) is 0 Å². The molecule has 3 nitrogen and oxygen atoms in total. The van der Waals surface area contributed by atoms with E-state index in [-0.39, 0.29) is 35.2 Å². The molecule has 0 atom stereocenters. The minimum atomic E-state index is -0.0976. The third kappa shape index (κ3) is 5.11. The quantitative estimate of drug-likeness (QED) is 0.419. The van der Waals surface area contributed by atoms with Gasteiger partial charge in [0.2, 0.25) is 0 Å². The van der Waals surface area contributed by atoms with E-state index in [4.69, 9.17) is 0 Å². The Hall–Kier alpha value is -0.850. The monoisotopic (exact) mass is 419 g/mol. The molecular weight excluding hydrogens is 392 g/mol. The number of guanidine groups is 1. The molecule has 124 valence electrons. The Morgan fingerprint density at radius 1 is 1.27 bits per heavy atom. The summed E-state index contributed by atoms with van der Waals surface area (Å²) < 4.78 is 13.9. The topological polar surface area (TPSA) is 36.4 Å². The third-order valence-corrected chi connectivity index (χ3v) is 4.13. The van der Waals surface area contributed by atoms with Gasteiger partial charge in [0.25, 0.3) is 0 Å². The Morgan fingerprint density at radius 2 is 1.95 bits per heavy atom. The maximum atomic E-state index is 13.9. The zero-order valence-corrected chi connectivity index (χ0v) is 16.0. The second-order valence-electron chi connectivity index (χ2n) is 6.30. The van der Waals surface area contributed by atoms with E-state index in [1.54, 1.807) is 19.2 Å². The molecule has 0 aliphatic heterocycles. The molecule has 2 rings (SSSR count). The van der Waals surface area contributed by atoms with Crippen molar-refractivity contribution in [1.29, 1.82) is 0 Å². The van der Waals surface area contributed by atoms with E-state index in [1.807, 2.05) is 12.1 Å². The van der Waals surface area contributed by atoms with Crippen LogP contribution in [0.25, 0.3) is 0 Å². The first-order valence-electron chi connectivity index (χ1n) is 7.77. The Kier molecular flexibility index (Phi) is 7.59. The van der Waals surface area contributed by atoms with Gasteiger partial charge in [-0.15, -0.1) is 24.0 Å². The van der Waals surface area contributed by atoms with Gasteiger partial charge in [-0.3, -0.25) is 4.99 Å². The molecular formula is C17H27FIN3. The Morgan fingerprint density at radius 3 is 2.50 bits per heavy atom. The summed E-state index contributed by atoms with van der Waals surface area (Å²) in [6.45, 7) is 6.05. The van der Waals surface area contributed by atoms with E-state index in [1.165, 1.54) is 0 Å². The van der Waals surface area contributed by atoms with Crippen LogP contribution < -0.4 is 10.6 Å². The van der Waals surface area contributed by atoms with E-state index in [0.29, 0.717) is 5.92 Å². The van der Waals surface area contributed by atoms with Crippen molar-refractivity contribution in [3.8, 4) is 0 Å². The zero-order valence-electron chi connectivity index (χ0n) is 13.7. The standard InChI is InChI=1S/C17H26FN3.HI/c1-13(2)8-11-20-16(19-3)21-12-17(9-10-17)14-6-4-5-7-15(14)18;/h4-7,13H,8-12H2,1-3H3,(H2,19,20,21);1H. The van der Waals surface area contributed by atoms with Crippen molar-refractivity contribution in [3.05, 3.63) is 35.6 Å². The zero-order chi connectivity index (χ0) is 15.3. The Labute approximate surface area is 150 Å². The van der Waals surface area contributed by atoms with Gasteiger partial charge in [0.05, 0.1) is 0 Å². The normalized spacial score (nSPS) is 16.1. The molecule has 0 radical (unpaired) electrons. The van der Waals surface area contributed by atoms with Gasteiger partial charge < -0.3 is 10.6 Å². The van der Waals surface area contributed by atoms with Crippen LogP contribution in [0.3, 0.4) is 0 Å². The van der Waals surface area contributed by atoms with Crippen LogP contribution in [-0.2, 0) is 5.41 Å². The number of aliphatic imine (C=N–C) groups is 1. The lowest BCUT2D eigenvalue weighted by atomic mass is 9.95. The number of hydrogen-bond donors (Lipinski definition) is 2. The minimum Gasteiger partial charge on any atom is -0.356 e. The largest absolute Gasteiger partial charge is 0.356 e. The lowest BCUT2D eigenvalue weighted by Crippen LogP contribution is -2.41. The van der Waals surface area contributed by atoms with Gasteiger partial charge in [-0.2, -0.15) is 0 Å². The highest BCUT2D eigenvalue weighted by molar-refractivity contribution is 14.0. The SMILES string of the molecule is CN=C(NCCC(C)C)NCC1(c2ccccc2F)CC1.I. The lowest BCUT2D eigenvalue weighted by molar-refractivity contribution is 0.552. The van der Waals surface area contributed by atoms with Gasteiger partial charge in [-0.25, -0.2) is 4.39 Å². The van der Waals surface area contributed by atoms with Crippen molar-refractivity contribution in [1.82, 2.24) is 10.6 Å². The first-order chi connectivity index (χ1) is 10.1. The molecule has 0 amide bonds. The summed E-state index contributed by atoms with van der Waals surface area (Å²) in [5.41, 5.74) is 0.774. The number of hydrogen-bond acceptors (Lipinski definition) is 1. The summed E-state index contributed by atoms with van der Waals surface area (Å²) in [4.78, 5) is 4.23. The van der Waals surface area contributed by atoms with E-state index >= 15 is 0 Å². The summed E-state index contributed by atoms with van der Waals surface area (Å²) in [6, 6.07) is 7.10. The highest BCUT2D eigenvalue weighted by atomic mass is 127. The number of rotatable bonds is 6.